The highest BCUT2D eigenvalue weighted by Crippen LogP contribution is 2.04. The molecule has 0 heterocycles. The van der Waals surface area contributed by atoms with Gasteiger partial charge < -0.3 is 0 Å². The first-order valence-corrected chi connectivity index (χ1v) is 3.20. The molecule has 7 heavy (non-hydrogen) atoms. The third-order valence-electron chi connectivity index (χ3n) is 0.960. The Labute approximate surface area is 50.9 Å². The van der Waals surface area contributed by atoms with Crippen molar-refractivity contribution >= 4 is 11.6 Å². The van der Waals surface area contributed by atoms with Crippen LogP contribution in [-0.4, -0.2) is 5.88 Å². The van der Waals surface area contributed by atoms with E-state index in [9.17, 15) is 0 Å². The van der Waals surface area contributed by atoms with E-state index in [4.69, 9.17) is 11.6 Å². The molecule has 0 aromatic heterocycles. The lowest BCUT2D eigenvalue weighted by molar-refractivity contribution is 0.599. The Morgan fingerprint density at radius 1 is 1.71 bits per heavy atom. The van der Waals surface area contributed by atoms with E-state index >= 15 is 0 Å². The van der Waals surface area contributed by atoms with Crippen LogP contribution in [0.3, 0.4) is 0 Å². The second-order valence-corrected chi connectivity index (χ2v) is 2.21. The zero-order chi connectivity index (χ0) is 5.70. The van der Waals surface area contributed by atoms with Crippen LogP contribution < -0.4 is 0 Å². The average Bonchev–Trinajstić information content (AvgIpc) is 1.68. The first-order valence-electron chi connectivity index (χ1n) is 2.66. The van der Waals surface area contributed by atoms with Gasteiger partial charge in [-0.05, 0) is 12.3 Å². The molecule has 0 saturated heterocycles. The molecule has 0 fully saturated rings. The van der Waals surface area contributed by atoms with Gasteiger partial charge in [0.15, 0.2) is 0 Å². The molecular formula is C6H12Cl. The molecule has 0 spiro atoms. The van der Waals surface area contributed by atoms with Crippen LogP contribution in [0.5, 0.6) is 0 Å². The normalized spacial score (nSPS) is 14.1. The summed E-state index contributed by atoms with van der Waals surface area (Å²) in [5.74, 6) is 1.43. The molecule has 0 bridgehead atoms. The molecule has 0 saturated carbocycles. The zero-order valence-corrected chi connectivity index (χ0v) is 5.54. The van der Waals surface area contributed by atoms with Crippen molar-refractivity contribution in [1.29, 1.82) is 0 Å². The van der Waals surface area contributed by atoms with Crippen molar-refractivity contribution in [3.8, 4) is 0 Å². The molecule has 0 aromatic rings. The molecule has 0 N–H and O–H groups in total. The predicted octanol–water partition coefficient (Wildman–Crippen LogP) is 2.48. The van der Waals surface area contributed by atoms with E-state index in [0.717, 1.165) is 18.7 Å². The SMILES string of the molecule is [CH2]CCC(C)CCl. The maximum Gasteiger partial charge on any atom is 0.0249 e. The van der Waals surface area contributed by atoms with Gasteiger partial charge in [-0.1, -0.05) is 20.3 Å². The van der Waals surface area contributed by atoms with E-state index in [-0.39, 0.29) is 0 Å². The molecule has 1 radical (unpaired) electrons. The van der Waals surface area contributed by atoms with Gasteiger partial charge in [-0.15, -0.1) is 11.6 Å². The van der Waals surface area contributed by atoms with Gasteiger partial charge in [0, 0.05) is 5.88 Å². The van der Waals surface area contributed by atoms with Gasteiger partial charge in [0.2, 0.25) is 0 Å². The minimum atomic E-state index is 0.652. The summed E-state index contributed by atoms with van der Waals surface area (Å²) in [7, 11) is 0. The second-order valence-electron chi connectivity index (χ2n) is 1.90. The van der Waals surface area contributed by atoms with Gasteiger partial charge in [-0.3, -0.25) is 0 Å². The monoisotopic (exact) mass is 119 g/mol. The van der Waals surface area contributed by atoms with Crippen LogP contribution in [0.15, 0.2) is 0 Å². The van der Waals surface area contributed by atoms with E-state index in [1.807, 2.05) is 0 Å². The summed E-state index contributed by atoms with van der Waals surface area (Å²) in [6.07, 6.45) is 2.16. The minimum Gasteiger partial charge on any atom is -0.126 e. The number of rotatable bonds is 3. The first-order chi connectivity index (χ1) is 3.31. The van der Waals surface area contributed by atoms with Crippen molar-refractivity contribution in [2.75, 3.05) is 5.88 Å². The molecule has 0 aromatic carbocycles. The Morgan fingerprint density at radius 3 is 2.43 bits per heavy atom. The molecule has 43 valence electrons. The van der Waals surface area contributed by atoms with Gasteiger partial charge >= 0.3 is 0 Å². The molecule has 0 aliphatic carbocycles. The Balaban J connectivity index is 2.83. The summed E-state index contributed by atoms with van der Waals surface area (Å²) in [6, 6.07) is 0. The number of hydrogen-bond donors (Lipinski definition) is 0. The third-order valence-corrected chi connectivity index (χ3v) is 1.49. The van der Waals surface area contributed by atoms with E-state index in [1.165, 1.54) is 0 Å². The Kier molecular flexibility index (Phi) is 4.63. The Bertz CT molecular complexity index is 35.2. The molecule has 1 unspecified atom stereocenters. The highest BCUT2D eigenvalue weighted by Gasteiger charge is 1.94. The van der Waals surface area contributed by atoms with Crippen molar-refractivity contribution < 1.29 is 0 Å². The standard InChI is InChI=1S/C6H12Cl/c1-3-4-6(2)5-7/h6H,1,3-5H2,2H3. The van der Waals surface area contributed by atoms with Crippen LogP contribution in [-0.2, 0) is 0 Å². The average molecular weight is 120 g/mol. The van der Waals surface area contributed by atoms with Crippen molar-refractivity contribution in [2.45, 2.75) is 19.8 Å². The summed E-state index contributed by atoms with van der Waals surface area (Å²) in [4.78, 5) is 0. The lowest BCUT2D eigenvalue weighted by Crippen LogP contribution is -1.93. The summed E-state index contributed by atoms with van der Waals surface area (Å²) >= 11 is 5.50. The van der Waals surface area contributed by atoms with E-state index < -0.39 is 0 Å². The van der Waals surface area contributed by atoms with Gasteiger partial charge in [0.25, 0.3) is 0 Å². The lowest BCUT2D eigenvalue weighted by Gasteiger charge is -2.00. The lowest BCUT2D eigenvalue weighted by atomic mass is 10.1. The van der Waals surface area contributed by atoms with Crippen molar-refractivity contribution in [3.05, 3.63) is 6.92 Å². The fourth-order valence-corrected chi connectivity index (χ4v) is 0.580. The Hall–Kier alpha value is 0.290. The van der Waals surface area contributed by atoms with Crippen LogP contribution in [0.25, 0.3) is 0 Å². The summed E-state index contributed by atoms with van der Waals surface area (Å²) in [6.45, 7) is 5.85. The quantitative estimate of drug-likeness (QED) is 0.501. The summed E-state index contributed by atoms with van der Waals surface area (Å²) in [5, 5.41) is 0. The first kappa shape index (κ1) is 7.29. The summed E-state index contributed by atoms with van der Waals surface area (Å²) < 4.78 is 0. The molecule has 1 heteroatoms. The fourth-order valence-electron chi connectivity index (χ4n) is 0.426. The van der Waals surface area contributed by atoms with E-state index in [0.29, 0.717) is 5.92 Å². The molecule has 0 aliphatic rings. The highest BCUT2D eigenvalue weighted by molar-refractivity contribution is 6.18. The van der Waals surface area contributed by atoms with Gasteiger partial charge in [0.05, 0.1) is 0 Å². The number of alkyl halides is 1. The molecule has 0 rings (SSSR count). The maximum atomic E-state index is 5.50. The van der Waals surface area contributed by atoms with Crippen molar-refractivity contribution in [1.82, 2.24) is 0 Å². The van der Waals surface area contributed by atoms with Gasteiger partial charge in [0.1, 0.15) is 0 Å². The second kappa shape index (κ2) is 4.45. The number of halogens is 1. The zero-order valence-electron chi connectivity index (χ0n) is 4.78. The predicted molar refractivity (Wildman–Crippen MR) is 34.5 cm³/mol. The topological polar surface area (TPSA) is 0 Å². The number of hydrogen-bond acceptors (Lipinski definition) is 0. The highest BCUT2D eigenvalue weighted by atomic mass is 35.5. The smallest absolute Gasteiger partial charge is 0.0249 e. The molecule has 0 aliphatic heterocycles. The fraction of sp³-hybridized carbons (Fsp3) is 0.833. The third kappa shape index (κ3) is 4.14. The van der Waals surface area contributed by atoms with E-state index in [2.05, 4.69) is 13.8 Å². The molecular weight excluding hydrogens is 108 g/mol. The van der Waals surface area contributed by atoms with Crippen molar-refractivity contribution in [3.63, 3.8) is 0 Å². The molecule has 1 atom stereocenters. The minimum absolute atomic E-state index is 0.652. The summed E-state index contributed by atoms with van der Waals surface area (Å²) in [5.41, 5.74) is 0. The van der Waals surface area contributed by atoms with Crippen LogP contribution >= 0.6 is 11.6 Å². The van der Waals surface area contributed by atoms with Crippen molar-refractivity contribution in [2.24, 2.45) is 5.92 Å². The van der Waals surface area contributed by atoms with E-state index in [1.54, 1.807) is 0 Å². The van der Waals surface area contributed by atoms with Gasteiger partial charge in [-0.25, -0.2) is 0 Å². The Morgan fingerprint density at radius 2 is 2.29 bits per heavy atom. The van der Waals surface area contributed by atoms with Crippen LogP contribution in [0, 0.1) is 12.8 Å². The molecule has 0 amide bonds. The largest absolute Gasteiger partial charge is 0.126 e. The molecule has 0 nitrogen and oxygen atoms in total. The van der Waals surface area contributed by atoms with Crippen LogP contribution in [0.1, 0.15) is 19.8 Å². The van der Waals surface area contributed by atoms with Crippen LogP contribution in [0.4, 0.5) is 0 Å². The van der Waals surface area contributed by atoms with Crippen LogP contribution in [0.2, 0.25) is 0 Å². The maximum absolute atomic E-state index is 5.50. The van der Waals surface area contributed by atoms with Gasteiger partial charge in [-0.2, -0.15) is 0 Å².